The number of hydrogen-bond donors (Lipinski definition) is 1. The highest BCUT2D eigenvalue weighted by Gasteiger charge is 2.20. The molecular weight excluding hydrogens is 391 g/mol. The van der Waals surface area contributed by atoms with Crippen molar-refractivity contribution in [2.75, 3.05) is 45.5 Å². The Kier molecular flexibility index (Phi) is 9.73. The van der Waals surface area contributed by atoms with Gasteiger partial charge in [0.15, 0.2) is 5.96 Å². The van der Waals surface area contributed by atoms with Gasteiger partial charge in [-0.25, -0.2) is 12.7 Å². The molecule has 0 saturated carbocycles. The predicted molar refractivity (Wildman–Crippen MR) is 94.3 cm³/mol. The monoisotopic (exact) mass is 418 g/mol. The molecule has 0 aromatic carbocycles. The molecule has 0 unspecified atom stereocenters. The molecule has 1 rings (SSSR count). The summed E-state index contributed by atoms with van der Waals surface area (Å²) in [4.78, 5) is 6.37. The van der Waals surface area contributed by atoms with Gasteiger partial charge in [0, 0.05) is 39.8 Å². The number of nitrogens with one attached hydrogen (secondary N) is 1. The maximum atomic E-state index is 12.0. The van der Waals surface area contributed by atoms with Crippen LogP contribution in [0.1, 0.15) is 26.7 Å². The zero-order chi connectivity index (χ0) is 14.3. The van der Waals surface area contributed by atoms with Crippen molar-refractivity contribution in [1.82, 2.24) is 14.5 Å². The Labute approximate surface area is 140 Å². The second-order valence-electron chi connectivity index (χ2n) is 4.57. The average molecular weight is 418 g/mol. The van der Waals surface area contributed by atoms with E-state index < -0.39 is 10.0 Å². The molecular formula is C12H27IN4O2S. The summed E-state index contributed by atoms with van der Waals surface area (Å²) in [6, 6.07) is 0. The molecule has 0 spiro atoms. The van der Waals surface area contributed by atoms with Crippen LogP contribution in [0, 0.1) is 0 Å². The zero-order valence-corrected chi connectivity index (χ0v) is 15.8. The highest BCUT2D eigenvalue weighted by atomic mass is 127. The number of sulfonamides is 1. The number of halogens is 1. The third-order valence-electron chi connectivity index (χ3n) is 3.36. The van der Waals surface area contributed by atoms with Crippen molar-refractivity contribution in [3.8, 4) is 0 Å². The lowest BCUT2D eigenvalue weighted by atomic mass is 10.4. The first-order chi connectivity index (χ1) is 9.05. The van der Waals surface area contributed by atoms with E-state index in [4.69, 9.17) is 0 Å². The first-order valence-corrected chi connectivity index (χ1v) is 8.59. The Balaban J connectivity index is 0.00000361. The van der Waals surface area contributed by atoms with Gasteiger partial charge in [0.25, 0.3) is 0 Å². The van der Waals surface area contributed by atoms with Gasteiger partial charge >= 0.3 is 0 Å². The Bertz CT molecular complexity index is 390. The van der Waals surface area contributed by atoms with Gasteiger partial charge in [-0.1, -0.05) is 13.8 Å². The van der Waals surface area contributed by atoms with Crippen molar-refractivity contribution >= 4 is 40.0 Å². The van der Waals surface area contributed by atoms with E-state index >= 15 is 0 Å². The molecule has 1 aliphatic heterocycles. The van der Waals surface area contributed by atoms with Crippen LogP contribution in [0.3, 0.4) is 0 Å². The van der Waals surface area contributed by atoms with Crippen molar-refractivity contribution < 1.29 is 8.42 Å². The fourth-order valence-electron chi connectivity index (χ4n) is 2.30. The second kappa shape index (κ2) is 9.78. The molecule has 1 saturated heterocycles. The van der Waals surface area contributed by atoms with Crippen LogP contribution in [0.4, 0.5) is 0 Å². The Morgan fingerprint density at radius 1 is 1.25 bits per heavy atom. The number of nitrogens with zero attached hydrogens (tertiary/aromatic N) is 3. The summed E-state index contributed by atoms with van der Waals surface area (Å²) in [7, 11) is -1.42. The van der Waals surface area contributed by atoms with Crippen molar-refractivity contribution in [2.45, 2.75) is 26.7 Å². The summed E-state index contributed by atoms with van der Waals surface area (Å²) < 4.78 is 25.5. The lowest BCUT2D eigenvalue weighted by Crippen LogP contribution is -2.43. The van der Waals surface area contributed by atoms with Crippen molar-refractivity contribution in [3.05, 3.63) is 0 Å². The van der Waals surface area contributed by atoms with Crippen LogP contribution in [0.15, 0.2) is 4.99 Å². The molecule has 1 heterocycles. The first kappa shape index (κ1) is 19.9. The van der Waals surface area contributed by atoms with Gasteiger partial charge < -0.3 is 10.2 Å². The van der Waals surface area contributed by atoms with E-state index in [1.165, 1.54) is 17.1 Å². The largest absolute Gasteiger partial charge is 0.355 e. The maximum absolute atomic E-state index is 12.0. The molecule has 6 nitrogen and oxygen atoms in total. The SMILES string of the molecule is CCN(CC)S(=O)(=O)CCNC(=NC)N1CCCC1.I. The lowest BCUT2D eigenvalue weighted by molar-refractivity contribution is 0.444. The van der Waals surface area contributed by atoms with Gasteiger partial charge in [-0.3, -0.25) is 4.99 Å². The third kappa shape index (κ3) is 5.72. The Morgan fingerprint density at radius 2 is 1.80 bits per heavy atom. The van der Waals surface area contributed by atoms with E-state index in [1.54, 1.807) is 7.05 Å². The van der Waals surface area contributed by atoms with E-state index in [0.717, 1.165) is 19.0 Å². The van der Waals surface area contributed by atoms with E-state index in [-0.39, 0.29) is 29.7 Å². The number of rotatable bonds is 6. The molecule has 0 aromatic heterocycles. The highest BCUT2D eigenvalue weighted by Crippen LogP contribution is 2.07. The number of likely N-dealkylation sites (tertiary alicyclic amines) is 1. The fraction of sp³-hybridized carbons (Fsp3) is 0.917. The summed E-state index contributed by atoms with van der Waals surface area (Å²) in [5, 5.41) is 3.14. The minimum absolute atomic E-state index is 0. The molecule has 20 heavy (non-hydrogen) atoms. The molecule has 0 atom stereocenters. The summed E-state index contributed by atoms with van der Waals surface area (Å²) in [5.41, 5.74) is 0. The minimum Gasteiger partial charge on any atom is -0.355 e. The van der Waals surface area contributed by atoms with Crippen LogP contribution in [0.25, 0.3) is 0 Å². The third-order valence-corrected chi connectivity index (χ3v) is 5.38. The van der Waals surface area contributed by atoms with Crippen LogP contribution in [0.5, 0.6) is 0 Å². The van der Waals surface area contributed by atoms with Crippen LogP contribution in [-0.4, -0.2) is 69.1 Å². The number of guanidine groups is 1. The fourth-order valence-corrected chi connectivity index (χ4v) is 3.70. The Morgan fingerprint density at radius 3 is 2.25 bits per heavy atom. The summed E-state index contributed by atoms with van der Waals surface area (Å²) >= 11 is 0. The van der Waals surface area contributed by atoms with Crippen LogP contribution >= 0.6 is 24.0 Å². The van der Waals surface area contributed by atoms with Gasteiger partial charge in [0.2, 0.25) is 10.0 Å². The van der Waals surface area contributed by atoms with E-state index in [0.29, 0.717) is 19.6 Å². The summed E-state index contributed by atoms with van der Waals surface area (Å²) in [6.45, 7) is 7.18. The van der Waals surface area contributed by atoms with Crippen LogP contribution in [-0.2, 0) is 10.0 Å². The molecule has 0 radical (unpaired) electrons. The van der Waals surface area contributed by atoms with Gasteiger partial charge in [0.05, 0.1) is 5.75 Å². The molecule has 1 fully saturated rings. The molecule has 1 aliphatic rings. The molecule has 0 aromatic rings. The van der Waals surface area contributed by atoms with E-state index in [2.05, 4.69) is 15.2 Å². The van der Waals surface area contributed by atoms with Gasteiger partial charge in [-0.05, 0) is 12.8 Å². The van der Waals surface area contributed by atoms with Crippen LogP contribution < -0.4 is 5.32 Å². The first-order valence-electron chi connectivity index (χ1n) is 6.98. The van der Waals surface area contributed by atoms with Crippen molar-refractivity contribution in [2.24, 2.45) is 4.99 Å². The highest BCUT2D eigenvalue weighted by molar-refractivity contribution is 14.0. The molecule has 8 heteroatoms. The normalized spacial score (nSPS) is 16.4. The van der Waals surface area contributed by atoms with Crippen LogP contribution in [0.2, 0.25) is 0 Å². The smallest absolute Gasteiger partial charge is 0.215 e. The summed E-state index contributed by atoms with van der Waals surface area (Å²) in [6.07, 6.45) is 2.36. The molecule has 0 aliphatic carbocycles. The van der Waals surface area contributed by atoms with Gasteiger partial charge in [-0.15, -0.1) is 24.0 Å². The lowest BCUT2D eigenvalue weighted by Gasteiger charge is -2.22. The van der Waals surface area contributed by atoms with E-state index in [9.17, 15) is 8.42 Å². The molecule has 1 N–H and O–H groups in total. The standard InChI is InChI=1S/C12H26N4O2S.HI/c1-4-16(5-2)19(17,18)11-8-14-12(13-3)15-9-6-7-10-15;/h4-11H2,1-3H3,(H,13,14);1H. The Hall–Kier alpha value is -0.0900. The van der Waals surface area contributed by atoms with Gasteiger partial charge in [0.1, 0.15) is 0 Å². The topological polar surface area (TPSA) is 65.0 Å². The molecule has 120 valence electrons. The molecule has 0 bridgehead atoms. The number of aliphatic imine (C=N–C) groups is 1. The van der Waals surface area contributed by atoms with Crippen molar-refractivity contribution in [1.29, 1.82) is 0 Å². The van der Waals surface area contributed by atoms with E-state index in [1.807, 2.05) is 13.8 Å². The quantitative estimate of drug-likeness (QED) is 0.396. The molecule has 0 amide bonds. The second-order valence-corrected chi connectivity index (χ2v) is 6.66. The maximum Gasteiger partial charge on any atom is 0.215 e. The minimum atomic E-state index is -3.15. The van der Waals surface area contributed by atoms with Crippen molar-refractivity contribution in [3.63, 3.8) is 0 Å². The zero-order valence-electron chi connectivity index (χ0n) is 12.6. The predicted octanol–water partition coefficient (Wildman–Crippen LogP) is 0.947. The average Bonchev–Trinajstić information content (AvgIpc) is 2.89. The summed E-state index contributed by atoms with van der Waals surface area (Å²) in [5.74, 6) is 0.925. The number of hydrogen-bond acceptors (Lipinski definition) is 3. The van der Waals surface area contributed by atoms with Gasteiger partial charge in [-0.2, -0.15) is 0 Å².